The van der Waals surface area contributed by atoms with E-state index in [-0.39, 0.29) is 5.91 Å². The van der Waals surface area contributed by atoms with Crippen LogP contribution in [-0.2, 0) is 6.61 Å². The fourth-order valence-electron chi connectivity index (χ4n) is 1.79. The van der Waals surface area contributed by atoms with Gasteiger partial charge in [0.1, 0.15) is 17.4 Å². The number of aryl methyl sites for hydroxylation is 1. The third-order valence-corrected chi connectivity index (χ3v) is 4.41. The number of hydrogen-bond acceptors (Lipinski definition) is 6. The molecule has 112 valence electrons. The molecule has 2 aromatic heterocycles. The van der Waals surface area contributed by atoms with Gasteiger partial charge in [0.2, 0.25) is 5.13 Å². The molecule has 0 atom stereocenters. The van der Waals surface area contributed by atoms with Crippen LogP contribution in [-0.4, -0.2) is 16.1 Å². The molecule has 22 heavy (non-hydrogen) atoms. The summed E-state index contributed by atoms with van der Waals surface area (Å²) in [5.41, 5.74) is 0.525. The van der Waals surface area contributed by atoms with Crippen LogP contribution in [0, 0.1) is 6.92 Å². The summed E-state index contributed by atoms with van der Waals surface area (Å²) in [6, 6.07) is 11.1. The van der Waals surface area contributed by atoms with E-state index in [4.69, 9.17) is 4.74 Å². The molecule has 3 aromatic rings. The monoisotopic (exact) mass is 331 g/mol. The molecule has 0 fully saturated rings. The topological polar surface area (TPSA) is 64.1 Å². The van der Waals surface area contributed by atoms with Crippen molar-refractivity contribution in [1.29, 1.82) is 0 Å². The van der Waals surface area contributed by atoms with Gasteiger partial charge in [-0.25, -0.2) is 0 Å². The van der Waals surface area contributed by atoms with Crippen LogP contribution in [0.2, 0.25) is 0 Å². The number of amides is 1. The number of nitrogens with zero attached hydrogens (tertiary/aromatic N) is 2. The Balaban J connectivity index is 1.66. The van der Waals surface area contributed by atoms with Crippen LogP contribution < -0.4 is 10.1 Å². The van der Waals surface area contributed by atoms with Crippen LogP contribution in [0.15, 0.2) is 41.8 Å². The van der Waals surface area contributed by atoms with Gasteiger partial charge in [-0.3, -0.25) is 10.1 Å². The molecular formula is C15H13N3O2S2. The Bertz CT molecular complexity index is 769. The van der Waals surface area contributed by atoms with Crippen LogP contribution in [0.3, 0.4) is 0 Å². The molecule has 0 bridgehead atoms. The molecule has 2 heterocycles. The predicted octanol–water partition coefficient (Wildman–Crippen LogP) is 3.74. The summed E-state index contributed by atoms with van der Waals surface area (Å²) < 4.78 is 5.70. The third-order valence-electron chi connectivity index (χ3n) is 2.80. The minimum absolute atomic E-state index is 0.224. The maximum atomic E-state index is 12.2. The Kier molecular flexibility index (Phi) is 4.45. The zero-order valence-corrected chi connectivity index (χ0v) is 13.4. The van der Waals surface area contributed by atoms with Crippen molar-refractivity contribution in [3.63, 3.8) is 0 Å². The van der Waals surface area contributed by atoms with E-state index in [1.165, 1.54) is 11.3 Å². The van der Waals surface area contributed by atoms with E-state index in [0.717, 1.165) is 9.88 Å². The Hall–Kier alpha value is -2.25. The van der Waals surface area contributed by atoms with Gasteiger partial charge in [-0.1, -0.05) is 23.5 Å². The van der Waals surface area contributed by atoms with Crippen molar-refractivity contribution < 1.29 is 9.53 Å². The highest BCUT2D eigenvalue weighted by Crippen LogP contribution is 2.19. The van der Waals surface area contributed by atoms with Crippen molar-refractivity contribution in [3.05, 3.63) is 57.2 Å². The maximum absolute atomic E-state index is 12.2. The predicted molar refractivity (Wildman–Crippen MR) is 87.7 cm³/mol. The van der Waals surface area contributed by atoms with Crippen molar-refractivity contribution in [2.45, 2.75) is 13.5 Å². The second-order valence-electron chi connectivity index (χ2n) is 4.48. The lowest BCUT2D eigenvalue weighted by Gasteiger charge is -2.06. The van der Waals surface area contributed by atoms with Gasteiger partial charge in [0.05, 0.1) is 0 Å². The van der Waals surface area contributed by atoms with Gasteiger partial charge in [-0.15, -0.1) is 21.5 Å². The second kappa shape index (κ2) is 6.67. The number of anilines is 1. The van der Waals surface area contributed by atoms with E-state index in [0.29, 0.717) is 23.1 Å². The average Bonchev–Trinajstić information content (AvgIpc) is 3.17. The minimum atomic E-state index is -0.224. The van der Waals surface area contributed by atoms with Crippen LogP contribution in [0.1, 0.15) is 20.2 Å². The maximum Gasteiger partial charge on any atom is 0.257 e. The molecule has 7 heteroatoms. The highest BCUT2D eigenvalue weighted by atomic mass is 32.1. The first-order valence-corrected chi connectivity index (χ1v) is 8.27. The lowest BCUT2D eigenvalue weighted by Crippen LogP contribution is -2.11. The molecule has 1 aromatic carbocycles. The van der Waals surface area contributed by atoms with Crippen molar-refractivity contribution in [3.8, 4) is 5.75 Å². The van der Waals surface area contributed by atoms with Crippen LogP contribution in [0.4, 0.5) is 5.13 Å². The van der Waals surface area contributed by atoms with Crippen molar-refractivity contribution in [2.24, 2.45) is 0 Å². The number of nitrogens with one attached hydrogen (secondary N) is 1. The zero-order chi connectivity index (χ0) is 15.4. The fourth-order valence-corrected chi connectivity index (χ4v) is 3.00. The smallest absolute Gasteiger partial charge is 0.257 e. The minimum Gasteiger partial charge on any atom is -0.488 e. The summed E-state index contributed by atoms with van der Waals surface area (Å²) in [5.74, 6) is 0.437. The number of carbonyl (C=O) groups excluding carboxylic acids is 1. The SMILES string of the molecule is Cc1nnc(NC(=O)c2cccc(OCc3cccs3)c2)s1. The van der Waals surface area contributed by atoms with Gasteiger partial charge in [0.25, 0.3) is 5.91 Å². The molecule has 0 aliphatic heterocycles. The van der Waals surface area contributed by atoms with Gasteiger partial charge in [-0.2, -0.15) is 0 Å². The van der Waals surface area contributed by atoms with Gasteiger partial charge in [0, 0.05) is 10.4 Å². The summed E-state index contributed by atoms with van der Waals surface area (Å²) in [5, 5.41) is 13.8. The lowest BCUT2D eigenvalue weighted by atomic mass is 10.2. The summed E-state index contributed by atoms with van der Waals surface area (Å²) in [4.78, 5) is 13.3. The number of thiophene rings is 1. The normalized spacial score (nSPS) is 10.4. The Morgan fingerprint density at radius 1 is 1.27 bits per heavy atom. The summed E-state index contributed by atoms with van der Waals surface area (Å²) in [6.07, 6.45) is 0. The highest BCUT2D eigenvalue weighted by molar-refractivity contribution is 7.15. The largest absolute Gasteiger partial charge is 0.488 e. The number of benzene rings is 1. The summed E-state index contributed by atoms with van der Waals surface area (Å²) >= 11 is 2.98. The third kappa shape index (κ3) is 3.69. The van der Waals surface area contributed by atoms with E-state index < -0.39 is 0 Å². The van der Waals surface area contributed by atoms with Crippen molar-refractivity contribution >= 4 is 33.7 Å². The molecule has 0 unspecified atom stereocenters. The van der Waals surface area contributed by atoms with Gasteiger partial charge in [-0.05, 0) is 36.6 Å². The number of aromatic nitrogens is 2. The van der Waals surface area contributed by atoms with Crippen molar-refractivity contribution in [1.82, 2.24) is 10.2 Å². The van der Waals surface area contributed by atoms with Crippen LogP contribution in [0.5, 0.6) is 5.75 Å². The molecule has 0 spiro atoms. The molecule has 1 N–H and O–H groups in total. The van der Waals surface area contributed by atoms with Gasteiger partial charge < -0.3 is 4.74 Å². The number of rotatable bonds is 5. The molecule has 0 saturated carbocycles. The van der Waals surface area contributed by atoms with Crippen molar-refractivity contribution in [2.75, 3.05) is 5.32 Å². The van der Waals surface area contributed by atoms with E-state index in [1.807, 2.05) is 30.5 Å². The number of ether oxygens (including phenoxy) is 1. The highest BCUT2D eigenvalue weighted by Gasteiger charge is 2.10. The Morgan fingerprint density at radius 3 is 2.91 bits per heavy atom. The molecular weight excluding hydrogens is 318 g/mol. The fraction of sp³-hybridized carbons (Fsp3) is 0.133. The second-order valence-corrected chi connectivity index (χ2v) is 6.69. The molecule has 0 radical (unpaired) electrons. The number of carbonyl (C=O) groups is 1. The lowest BCUT2D eigenvalue weighted by molar-refractivity contribution is 0.102. The van der Waals surface area contributed by atoms with Gasteiger partial charge >= 0.3 is 0 Å². The Labute approximate surface area is 135 Å². The first-order chi connectivity index (χ1) is 10.7. The zero-order valence-electron chi connectivity index (χ0n) is 11.8. The quantitative estimate of drug-likeness (QED) is 0.773. The van der Waals surface area contributed by atoms with Crippen LogP contribution >= 0.6 is 22.7 Å². The standard InChI is InChI=1S/C15H13N3O2S2/c1-10-17-18-15(22-10)16-14(19)11-4-2-5-12(8-11)20-9-13-6-3-7-21-13/h2-8H,9H2,1H3,(H,16,18,19). The van der Waals surface area contributed by atoms with Crippen LogP contribution in [0.25, 0.3) is 0 Å². The first-order valence-electron chi connectivity index (χ1n) is 6.57. The summed E-state index contributed by atoms with van der Waals surface area (Å²) in [7, 11) is 0. The summed E-state index contributed by atoms with van der Waals surface area (Å²) in [6.45, 7) is 2.34. The average molecular weight is 331 g/mol. The number of hydrogen-bond donors (Lipinski definition) is 1. The van der Waals surface area contributed by atoms with E-state index in [2.05, 4.69) is 15.5 Å². The van der Waals surface area contributed by atoms with E-state index in [1.54, 1.807) is 29.5 Å². The molecule has 0 aliphatic carbocycles. The first kappa shape index (κ1) is 14.7. The molecule has 0 aliphatic rings. The molecule has 1 amide bonds. The van der Waals surface area contributed by atoms with E-state index in [9.17, 15) is 4.79 Å². The molecule has 5 nitrogen and oxygen atoms in total. The van der Waals surface area contributed by atoms with E-state index >= 15 is 0 Å². The Morgan fingerprint density at radius 2 is 2.18 bits per heavy atom. The molecule has 3 rings (SSSR count). The van der Waals surface area contributed by atoms with Gasteiger partial charge in [0.15, 0.2) is 0 Å². The molecule has 0 saturated heterocycles.